The zero-order chi connectivity index (χ0) is 79.4. The molecule has 3 aliphatic rings. The number of aliphatic carboxylic acids is 2. The van der Waals surface area contributed by atoms with Crippen LogP contribution in [-0.4, -0.2) is 272 Å². The number of rotatable bonds is 46. The minimum Gasteiger partial charge on any atom is -0.481 e. The smallest absolute Gasteiger partial charge is 0.326 e. The minimum absolute atomic E-state index is 0.00577. The lowest BCUT2D eigenvalue weighted by atomic mass is 10.0. The van der Waals surface area contributed by atoms with Crippen LogP contribution in [0.1, 0.15) is 129 Å². The molecule has 1 aromatic carbocycles. The number of unbranched alkanes of at least 4 members (excludes halogenated alkanes) is 1. The van der Waals surface area contributed by atoms with E-state index in [0.717, 1.165) is 9.80 Å². The van der Waals surface area contributed by atoms with E-state index < -0.39 is 219 Å². The van der Waals surface area contributed by atoms with Gasteiger partial charge in [-0.2, -0.15) is 0 Å². The normalized spacial score (nSPS) is 17.9. The van der Waals surface area contributed by atoms with Crippen molar-refractivity contribution in [1.29, 1.82) is 0 Å². The summed E-state index contributed by atoms with van der Waals surface area (Å²) in [6, 6.07) is -10.0. The van der Waals surface area contributed by atoms with E-state index in [1.807, 2.05) is 13.8 Å². The van der Waals surface area contributed by atoms with Crippen molar-refractivity contribution in [2.45, 2.75) is 202 Å². The molecule has 0 spiro atoms. The maximum atomic E-state index is 14.2. The van der Waals surface area contributed by atoms with Crippen molar-refractivity contribution in [2.24, 2.45) is 17.4 Å². The summed E-state index contributed by atoms with van der Waals surface area (Å²) in [4.78, 5) is 230. The predicted octanol–water partition coefficient (Wildman–Crippen LogP) is -5.87. The number of carbonyl (C=O) groups excluding carboxylic acids is 15. The molecule has 0 aromatic heterocycles. The Balaban J connectivity index is 1.37. The number of nitrogens with two attached hydrogens (primary N) is 2. The topological polar surface area (TPSA) is 583 Å². The Hall–Kier alpha value is -10.5. The fraction of sp³-hybridized carbons (Fsp3) is 0.609. The average Bonchev–Trinajstić information content (AvgIpc) is 1.74. The maximum absolute atomic E-state index is 14.2. The molecule has 0 unspecified atom stereocenters. The number of carboxylic acid groups (broad SMARTS) is 2. The van der Waals surface area contributed by atoms with Gasteiger partial charge in [0.25, 0.3) is 0 Å². The van der Waals surface area contributed by atoms with Gasteiger partial charge in [-0.1, -0.05) is 69.0 Å². The molecule has 19 N–H and O–H groups in total. The molecule has 3 fully saturated rings. The summed E-state index contributed by atoms with van der Waals surface area (Å²) in [6.07, 6.45) is 4.79. The van der Waals surface area contributed by atoms with Crippen LogP contribution in [0.3, 0.4) is 0 Å². The molecule has 0 saturated carbocycles. The van der Waals surface area contributed by atoms with Crippen molar-refractivity contribution in [1.82, 2.24) is 67.9 Å². The highest BCUT2D eigenvalue weighted by atomic mass is 16.5. The Morgan fingerprint density at radius 2 is 1.04 bits per heavy atom. The first kappa shape index (κ1) is 88.9. The SMILES string of the molecule is C=C/C=C/CCOC(=O)CCC(=O)N[C@@H](CC(C)C)C(=O)N1CCC[C@H]1C(=O)N[C@@H](CO)C(=O)NCC(=O)N[C@@H](CO)C(=O)N[C@@H](CC(=O)O)C(=O)N1CCC[C@H]1C(=O)N[C@@H](C)C(=O)N[C@@H](Cc1ccccc1)C(=O)N[C@@H](CO)C(=O)N[C@@H](CCC(N)=O)C(=O)N1CCC[C@H]1C(=O)N[C@@H](CCCCN)C(=O)O. The molecule has 3 aliphatic heterocycles. The fourth-order valence-corrected chi connectivity index (χ4v) is 12.1. The van der Waals surface area contributed by atoms with Crippen molar-refractivity contribution in [3.05, 3.63) is 60.7 Å². The number of ether oxygens (including phenoxy) is 1. The van der Waals surface area contributed by atoms with E-state index in [0.29, 0.717) is 44.2 Å². The van der Waals surface area contributed by atoms with Gasteiger partial charge in [-0.25, -0.2) is 4.79 Å². The van der Waals surface area contributed by atoms with Gasteiger partial charge in [0.2, 0.25) is 82.7 Å². The molecular weight excluding hydrogens is 1410 g/mol. The molecule has 12 atom stereocenters. The molecule has 0 bridgehead atoms. The first-order valence-corrected chi connectivity index (χ1v) is 35.5. The molecule has 0 aliphatic carbocycles. The molecule has 1 aromatic rings. The molecule has 107 heavy (non-hydrogen) atoms. The van der Waals surface area contributed by atoms with E-state index in [9.17, 15) is 107 Å². The number of primary amides is 1. The van der Waals surface area contributed by atoms with Crippen molar-refractivity contribution < 1.29 is 112 Å². The summed E-state index contributed by atoms with van der Waals surface area (Å²) in [5, 5.41) is 74.1. The van der Waals surface area contributed by atoms with E-state index in [1.54, 1.807) is 48.6 Å². The summed E-state index contributed by atoms with van der Waals surface area (Å²) in [6.45, 7) is 4.49. The second-order valence-electron chi connectivity index (χ2n) is 26.4. The number of hydrogen-bond donors (Lipinski definition) is 17. The lowest BCUT2D eigenvalue weighted by Crippen LogP contribution is -2.61. The van der Waals surface area contributed by atoms with Crippen LogP contribution in [0.4, 0.5) is 0 Å². The van der Waals surface area contributed by atoms with Crippen molar-refractivity contribution in [3.63, 3.8) is 0 Å². The molecule has 14 amide bonds. The Labute approximate surface area is 617 Å². The maximum Gasteiger partial charge on any atom is 0.326 e. The van der Waals surface area contributed by atoms with Crippen LogP contribution in [-0.2, 0) is 92.7 Å². The van der Waals surface area contributed by atoms with E-state index in [1.165, 1.54) is 11.8 Å². The molecule has 3 saturated heterocycles. The van der Waals surface area contributed by atoms with Crippen LogP contribution in [0.5, 0.6) is 0 Å². The van der Waals surface area contributed by atoms with E-state index in [-0.39, 0.29) is 89.9 Å². The number of allylic oxidation sites excluding steroid dienone is 2. The summed E-state index contributed by atoms with van der Waals surface area (Å²) >= 11 is 0. The number of aliphatic hydroxyl groups is 3. The van der Waals surface area contributed by atoms with Gasteiger partial charge in [-0.05, 0) is 102 Å². The van der Waals surface area contributed by atoms with Gasteiger partial charge >= 0.3 is 17.9 Å². The minimum atomic E-state index is -1.95. The number of hydrogen-bond acceptors (Lipinski definition) is 22. The standard InChI is InChI=1S/C69H103N15O23/c1-5-6-7-13-31-107-57(93)26-25-54(89)74-45(32-39(2)3)67(103)84-30-16-22-52(84)65(101)81-47(36-85)59(95)72-35-55(90)75-48(37-86)61(97)79-46(34-56(91)92)68(104)83-29-14-20-50(83)63(99)73-40(4)58(94)78-44(33-41-17-9-8-10-18-41)60(96)80-49(38-87)62(98)76-42(23-24-53(71)88)66(102)82-28-15-21-51(82)64(100)77-43(69(105)106)19-11-12-27-70/h5-10,17-18,39-40,42-52,85-87H,1,11-16,19-38,70H2,2-4H3,(H2,71,88)(H,72,95)(H,73,99)(H,74,89)(H,75,90)(H,76,98)(H,77,100)(H,78,94)(H,79,97)(H,80,96)(H,81,101)(H,91,92)(H,105,106)/b7-6+/t40-,42-,43-,44-,45-,46-,47-,48-,49-,50-,51-,52-/m0/s1. The zero-order valence-corrected chi connectivity index (χ0v) is 60.3. The quantitative estimate of drug-likeness (QED) is 0.0164. The highest BCUT2D eigenvalue weighted by Gasteiger charge is 2.44. The van der Waals surface area contributed by atoms with E-state index >= 15 is 0 Å². The number of aliphatic hydroxyl groups excluding tert-OH is 3. The first-order chi connectivity index (χ1) is 50.9. The van der Waals surface area contributed by atoms with Crippen LogP contribution < -0.4 is 64.6 Å². The summed E-state index contributed by atoms with van der Waals surface area (Å²) in [5.74, 6) is -17.1. The van der Waals surface area contributed by atoms with E-state index in [4.69, 9.17) is 16.2 Å². The molecule has 38 heteroatoms. The third-order valence-corrected chi connectivity index (χ3v) is 17.6. The number of esters is 1. The molecule has 38 nitrogen and oxygen atoms in total. The number of carbonyl (C=O) groups is 17. The Bertz CT molecular complexity index is 3340. The largest absolute Gasteiger partial charge is 0.481 e. The molecule has 4 rings (SSSR count). The first-order valence-electron chi connectivity index (χ1n) is 35.5. The second-order valence-corrected chi connectivity index (χ2v) is 26.4. The fourth-order valence-electron chi connectivity index (χ4n) is 12.1. The van der Waals surface area contributed by atoms with Gasteiger partial charge in [0, 0.05) is 38.9 Å². The van der Waals surface area contributed by atoms with E-state index in [2.05, 4.69) is 59.7 Å². The van der Waals surface area contributed by atoms with Gasteiger partial charge in [0.05, 0.1) is 45.8 Å². The summed E-state index contributed by atoms with van der Waals surface area (Å²) in [5.41, 5.74) is 11.4. The van der Waals surface area contributed by atoms with Gasteiger partial charge in [0.1, 0.15) is 72.5 Å². The van der Waals surface area contributed by atoms with Gasteiger partial charge in [0.15, 0.2) is 0 Å². The monoisotopic (exact) mass is 1510 g/mol. The Morgan fingerprint density at radius 1 is 0.551 bits per heavy atom. The average molecular weight is 1510 g/mol. The Kier molecular flexibility index (Phi) is 38.1. The number of likely N-dealkylation sites (tertiary alicyclic amines) is 3. The third-order valence-electron chi connectivity index (χ3n) is 17.6. The summed E-state index contributed by atoms with van der Waals surface area (Å²) in [7, 11) is 0. The van der Waals surface area contributed by atoms with Crippen molar-refractivity contribution in [2.75, 3.05) is 59.2 Å². The Morgan fingerprint density at radius 3 is 1.56 bits per heavy atom. The number of amides is 14. The highest BCUT2D eigenvalue weighted by molar-refractivity contribution is 6.01. The zero-order valence-electron chi connectivity index (χ0n) is 60.3. The third kappa shape index (κ3) is 29.4. The summed E-state index contributed by atoms with van der Waals surface area (Å²) < 4.78 is 5.12. The number of nitrogens with one attached hydrogen (secondary N) is 10. The molecule has 592 valence electrons. The van der Waals surface area contributed by atoms with Gasteiger partial charge in [-0.15, -0.1) is 0 Å². The van der Waals surface area contributed by atoms with Crippen molar-refractivity contribution in [3.8, 4) is 0 Å². The lowest BCUT2D eigenvalue weighted by Gasteiger charge is -2.30. The number of nitrogens with zero attached hydrogens (tertiary/aromatic N) is 3. The predicted molar refractivity (Wildman–Crippen MR) is 376 cm³/mol. The number of benzene rings is 1. The van der Waals surface area contributed by atoms with Crippen LogP contribution in [0.25, 0.3) is 0 Å². The lowest BCUT2D eigenvalue weighted by molar-refractivity contribution is -0.146. The number of carboxylic acids is 2. The van der Waals surface area contributed by atoms with Crippen LogP contribution in [0.15, 0.2) is 55.1 Å². The van der Waals surface area contributed by atoms with Crippen LogP contribution >= 0.6 is 0 Å². The van der Waals surface area contributed by atoms with Gasteiger partial charge in [-0.3, -0.25) is 76.7 Å². The van der Waals surface area contributed by atoms with Crippen molar-refractivity contribution >= 4 is 101 Å². The molecule has 3 heterocycles. The molecule has 0 radical (unpaired) electrons. The van der Waals surface area contributed by atoms with Crippen LogP contribution in [0.2, 0.25) is 0 Å². The van der Waals surface area contributed by atoms with Gasteiger partial charge < -0.3 is 110 Å². The molecular formula is C69H103N15O23. The second kappa shape index (κ2) is 45.8. The van der Waals surface area contributed by atoms with Crippen LogP contribution in [0, 0.1) is 5.92 Å². The highest BCUT2D eigenvalue weighted by Crippen LogP contribution is 2.24.